The number of carbonyl (C=O) groups excluding carboxylic acids is 1. The molecule has 12 heteroatoms. The molecule has 0 aliphatic rings. The highest BCUT2D eigenvalue weighted by atomic mass is 32.2. The predicted octanol–water partition coefficient (Wildman–Crippen LogP) is 5.69. The maximum Gasteiger partial charge on any atom is 0.269 e. The number of nitrogens with zero attached hydrogens (tertiary/aromatic N) is 5. The number of methoxy groups -OCH3 is 2. The van der Waals surface area contributed by atoms with Gasteiger partial charge in [-0.15, -0.1) is 5.10 Å². The van der Waals surface area contributed by atoms with E-state index in [9.17, 15) is 14.9 Å². The molecule has 5 rings (SSSR count). The van der Waals surface area contributed by atoms with E-state index in [0.717, 1.165) is 11.3 Å². The second-order valence-electron chi connectivity index (χ2n) is 8.97. The van der Waals surface area contributed by atoms with Gasteiger partial charge < -0.3 is 14.8 Å². The van der Waals surface area contributed by atoms with Gasteiger partial charge in [-0.25, -0.2) is 9.97 Å². The molecule has 2 heterocycles. The standard InChI is InChI=1S/C28H26N6O5S/c1-5-24(27(35)29-18-8-6-7-16(2)13-18)40-28-30-21-15-23(39-4)22(38-3)14-20(21)26-31-25(32-33(26)28)17-9-11-19(12-10-17)34(36)37/h6-15,24H,5H2,1-4H3,(H,29,35). The molecule has 0 fully saturated rings. The van der Waals surface area contributed by atoms with E-state index in [1.165, 1.54) is 23.9 Å². The summed E-state index contributed by atoms with van der Waals surface area (Å²) >= 11 is 1.28. The van der Waals surface area contributed by atoms with E-state index < -0.39 is 10.2 Å². The molecule has 5 aromatic rings. The highest BCUT2D eigenvalue weighted by Gasteiger charge is 2.24. The van der Waals surface area contributed by atoms with Crippen LogP contribution in [0.3, 0.4) is 0 Å². The lowest BCUT2D eigenvalue weighted by Crippen LogP contribution is -2.25. The van der Waals surface area contributed by atoms with Crippen LogP contribution in [0.2, 0.25) is 0 Å². The quantitative estimate of drug-likeness (QED) is 0.105. The normalized spacial score (nSPS) is 11.9. The van der Waals surface area contributed by atoms with Gasteiger partial charge in [0.25, 0.3) is 5.69 Å². The zero-order chi connectivity index (χ0) is 28.4. The molecule has 0 bridgehead atoms. The van der Waals surface area contributed by atoms with Crippen molar-refractivity contribution in [3.8, 4) is 22.9 Å². The average molecular weight is 559 g/mol. The van der Waals surface area contributed by atoms with Crippen molar-refractivity contribution < 1.29 is 19.2 Å². The van der Waals surface area contributed by atoms with Gasteiger partial charge in [-0.05, 0) is 49.2 Å². The summed E-state index contributed by atoms with van der Waals surface area (Å²) in [6.45, 7) is 3.90. The fourth-order valence-corrected chi connectivity index (χ4v) is 5.20. The summed E-state index contributed by atoms with van der Waals surface area (Å²) in [4.78, 5) is 33.5. The molecule has 0 aliphatic heterocycles. The number of aromatic nitrogens is 4. The van der Waals surface area contributed by atoms with Crippen LogP contribution < -0.4 is 14.8 Å². The number of rotatable bonds is 9. The summed E-state index contributed by atoms with van der Waals surface area (Å²) in [6, 6.07) is 17.2. The van der Waals surface area contributed by atoms with Crippen molar-refractivity contribution in [2.75, 3.05) is 19.5 Å². The van der Waals surface area contributed by atoms with Gasteiger partial charge in [-0.3, -0.25) is 14.9 Å². The zero-order valence-corrected chi connectivity index (χ0v) is 23.1. The SMILES string of the molecule is CCC(Sc1nc2cc(OC)c(OC)cc2c2nc(-c3ccc([N+](=O)[O-])cc3)nn12)C(=O)Nc1cccc(C)c1. The van der Waals surface area contributed by atoms with Crippen LogP contribution in [-0.4, -0.2) is 49.9 Å². The number of fused-ring (bicyclic) bond motifs is 3. The Hall–Kier alpha value is -4.71. The minimum Gasteiger partial charge on any atom is -0.493 e. The third-order valence-corrected chi connectivity index (χ3v) is 7.59. The van der Waals surface area contributed by atoms with Gasteiger partial charge in [-0.2, -0.15) is 4.52 Å². The number of hydrogen-bond acceptors (Lipinski definition) is 9. The Morgan fingerprint density at radius 2 is 1.80 bits per heavy atom. The summed E-state index contributed by atoms with van der Waals surface area (Å²) in [6.07, 6.45) is 0.541. The van der Waals surface area contributed by atoms with E-state index in [4.69, 9.17) is 24.5 Å². The Kier molecular flexibility index (Phi) is 7.52. The van der Waals surface area contributed by atoms with Gasteiger partial charge in [0.1, 0.15) is 0 Å². The first-order chi connectivity index (χ1) is 19.3. The Bertz CT molecular complexity index is 1740. The topological polar surface area (TPSA) is 134 Å². The molecule has 1 atom stereocenters. The van der Waals surface area contributed by atoms with Crippen molar-refractivity contribution in [1.82, 2.24) is 19.6 Å². The van der Waals surface area contributed by atoms with E-state index in [2.05, 4.69) is 5.32 Å². The molecule has 0 aliphatic carbocycles. The number of anilines is 1. The van der Waals surface area contributed by atoms with Crippen LogP contribution in [0.1, 0.15) is 18.9 Å². The van der Waals surface area contributed by atoms with Gasteiger partial charge in [-0.1, -0.05) is 30.8 Å². The maximum absolute atomic E-state index is 13.3. The average Bonchev–Trinajstić information content (AvgIpc) is 3.41. The van der Waals surface area contributed by atoms with E-state index in [1.54, 1.807) is 43.0 Å². The van der Waals surface area contributed by atoms with Crippen molar-refractivity contribution in [3.63, 3.8) is 0 Å². The summed E-state index contributed by atoms with van der Waals surface area (Å²) in [7, 11) is 3.09. The van der Waals surface area contributed by atoms with E-state index >= 15 is 0 Å². The molecule has 0 saturated heterocycles. The highest BCUT2D eigenvalue weighted by molar-refractivity contribution is 8.00. The van der Waals surface area contributed by atoms with Crippen molar-refractivity contribution in [2.24, 2.45) is 0 Å². The fraction of sp³-hybridized carbons (Fsp3) is 0.214. The third-order valence-electron chi connectivity index (χ3n) is 6.28. The van der Waals surface area contributed by atoms with Gasteiger partial charge in [0, 0.05) is 34.8 Å². The highest BCUT2D eigenvalue weighted by Crippen LogP contribution is 2.36. The molecule has 1 N–H and O–H groups in total. The van der Waals surface area contributed by atoms with Crippen molar-refractivity contribution in [3.05, 3.63) is 76.3 Å². The van der Waals surface area contributed by atoms with Crippen molar-refractivity contribution in [1.29, 1.82) is 0 Å². The van der Waals surface area contributed by atoms with Gasteiger partial charge in [0.05, 0.1) is 29.9 Å². The van der Waals surface area contributed by atoms with E-state index in [1.807, 2.05) is 38.1 Å². The van der Waals surface area contributed by atoms with E-state index in [0.29, 0.717) is 51.0 Å². The summed E-state index contributed by atoms with van der Waals surface area (Å²) < 4.78 is 12.6. The molecule has 1 amide bonds. The van der Waals surface area contributed by atoms with Gasteiger partial charge in [0.2, 0.25) is 5.91 Å². The molecule has 3 aromatic carbocycles. The fourth-order valence-electron chi connectivity index (χ4n) is 4.24. The van der Waals surface area contributed by atoms with Crippen LogP contribution in [-0.2, 0) is 4.79 Å². The Balaban J connectivity index is 1.61. The second kappa shape index (κ2) is 11.2. The third kappa shape index (κ3) is 5.25. The monoisotopic (exact) mass is 558 g/mol. The first-order valence-electron chi connectivity index (χ1n) is 12.4. The number of nitro groups is 1. The van der Waals surface area contributed by atoms with Crippen LogP contribution in [0.5, 0.6) is 11.5 Å². The lowest BCUT2D eigenvalue weighted by Gasteiger charge is -2.16. The number of nitrogens with one attached hydrogen (secondary N) is 1. The number of thioether (sulfide) groups is 1. The first-order valence-corrected chi connectivity index (χ1v) is 13.3. The van der Waals surface area contributed by atoms with Gasteiger partial charge in [0.15, 0.2) is 28.1 Å². The van der Waals surface area contributed by atoms with Crippen molar-refractivity contribution in [2.45, 2.75) is 30.7 Å². The molecular weight excluding hydrogens is 532 g/mol. The van der Waals surface area contributed by atoms with Crippen molar-refractivity contribution >= 4 is 45.6 Å². The number of non-ortho nitro benzene ring substituents is 1. The van der Waals surface area contributed by atoms with Crippen LogP contribution >= 0.6 is 11.8 Å². The minimum absolute atomic E-state index is 0.0295. The number of hydrogen-bond donors (Lipinski definition) is 1. The lowest BCUT2D eigenvalue weighted by atomic mass is 10.2. The molecule has 0 spiro atoms. The molecule has 2 aromatic heterocycles. The smallest absolute Gasteiger partial charge is 0.269 e. The number of aryl methyl sites for hydroxylation is 1. The minimum atomic E-state index is -0.471. The van der Waals surface area contributed by atoms with Crippen LogP contribution in [0, 0.1) is 17.0 Å². The molecule has 40 heavy (non-hydrogen) atoms. The van der Waals surface area contributed by atoms with Crippen LogP contribution in [0.15, 0.2) is 65.8 Å². The first kappa shape index (κ1) is 26.9. The summed E-state index contributed by atoms with van der Waals surface area (Å²) in [5, 5.41) is 19.5. The second-order valence-corrected chi connectivity index (χ2v) is 10.1. The number of carbonyl (C=O) groups is 1. The zero-order valence-electron chi connectivity index (χ0n) is 22.2. The van der Waals surface area contributed by atoms with Crippen LogP contribution in [0.4, 0.5) is 11.4 Å². The number of amides is 1. The van der Waals surface area contributed by atoms with Gasteiger partial charge >= 0.3 is 0 Å². The van der Waals surface area contributed by atoms with E-state index in [-0.39, 0.29) is 11.6 Å². The molecule has 0 saturated carbocycles. The number of ether oxygens (including phenoxy) is 2. The Labute approximate surface area is 233 Å². The molecular formula is C28H26N6O5S. The maximum atomic E-state index is 13.3. The summed E-state index contributed by atoms with van der Waals surface area (Å²) in [5.74, 6) is 1.21. The Morgan fingerprint density at radius 3 is 2.45 bits per heavy atom. The summed E-state index contributed by atoms with van der Waals surface area (Å²) in [5.41, 5.74) is 3.42. The molecule has 204 valence electrons. The Morgan fingerprint density at radius 1 is 1.07 bits per heavy atom. The largest absolute Gasteiger partial charge is 0.493 e. The van der Waals surface area contributed by atoms with Crippen LogP contribution in [0.25, 0.3) is 27.9 Å². The molecule has 1 unspecified atom stereocenters. The predicted molar refractivity (Wildman–Crippen MR) is 153 cm³/mol. The molecule has 11 nitrogen and oxygen atoms in total. The molecule has 0 radical (unpaired) electrons. The number of nitro benzene ring substituents is 1. The lowest BCUT2D eigenvalue weighted by molar-refractivity contribution is -0.384. The number of benzene rings is 3.